The van der Waals surface area contributed by atoms with Gasteiger partial charge in [-0.15, -0.1) is 0 Å². The lowest BCUT2D eigenvalue weighted by molar-refractivity contribution is -0.130. The Morgan fingerprint density at radius 2 is 1.93 bits per heavy atom. The lowest BCUT2D eigenvalue weighted by Gasteiger charge is -2.26. The van der Waals surface area contributed by atoms with E-state index in [1.165, 1.54) is 0 Å². The molecule has 3 aromatic rings. The van der Waals surface area contributed by atoms with Gasteiger partial charge in [0.2, 0.25) is 0 Å². The first-order valence-electron chi connectivity index (χ1n) is 8.75. The predicted molar refractivity (Wildman–Crippen MR) is 99.0 cm³/mol. The van der Waals surface area contributed by atoms with Gasteiger partial charge in [-0.05, 0) is 17.2 Å². The molecule has 2 atom stereocenters. The minimum Gasteiger partial charge on any atom is -0.448 e. The summed E-state index contributed by atoms with van der Waals surface area (Å²) in [5.41, 5.74) is 2.25. The van der Waals surface area contributed by atoms with Gasteiger partial charge in [-0.1, -0.05) is 48.5 Å². The first-order valence-corrected chi connectivity index (χ1v) is 8.75. The Kier molecular flexibility index (Phi) is 4.46. The largest absolute Gasteiger partial charge is 0.448 e. The average molecular weight is 361 g/mol. The van der Waals surface area contributed by atoms with Crippen LogP contribution in [0.25, 0.3) is 0 Å². The van der Waals surface area contributed by atoms with Gasteiger partial charge in [-0.25, -0.2) is 9.78 Å². The third kappa shape index (κ3) is 3.33. The highest BCUT2D eigenvalue weighted by Gasteiger charge is 2.33. The van der Waals surface area contributed by atoms with Crippen molar-refractivity contribution in [1.29, 1.82) is 0 Å². The third-order valence-electron chi connectivity index (χ3n) is 4.72. The number of hydrogen-bond donors (Lipinski definition) is 1. The fraction of sp³-hybridized carbons (Fsp3) is 0.190. The maximum atomic E-state index is 12.9. The van der Waals surface area contributed by atoms with E-state index in [9.17, 15) is 9.59 Å². The number of aryl methyl sites for hydroxylation is 1. The van der Waals surface area contributed by atoms with Gasteiger partial charge >= 0.3 is 5.97 Å². The highest BCUT2D eigenvalue weighted by molar-refractivity contribution is 5.95. The van der Waals surface area contributed by atoms with E-state index in [1.807, 2.05) is 60.3 Å². The minimum absolute atomic E-state index is 0.338. The predicted octanol–water partition coefficient (Wildman–Crippen LogP) is 2.41. The van der Waals surface area contributed by atoms with E-state index in [-0.39, 0.29) is 5.91 Å². The van der Waals surface area contributed by atoms with Crippen LogP contribution in [0.3, 0.4) is 0 Å². The zero-order valence-electron chi connectivity index (χ0n) is 14.8. The molecule has 1 aliphatic rings. The molecule has 0 saturated heterocycles. The maximum Gasteiger partial charge on any atom is 0.339 e. The number of hydrogen-bond acceptors (Lipinski definition) is 4. The highest BCUT2D eigenvalue weighted by Crippen LogP contribution is 2.24. The Morgan fingerprint density at radius 3 is 2.67 bits per heavy atom. The van der Waals surface area contributed by atoms with Gasteiger partial charge in [0, 0.05) is 25.9 Å². The summed E-state index contributed by atoms with van der Waals surface area (Å²) in [5.74, 6) is -0.1000. The summed E-state index contributed by atoms with van der Waals surface area (Å²) in [6.07, 6.45) is 3.01. The van der Waals surface area contributed by atoms with Gasteiger partial charge in [-0.3, -0.25) is 4.79 Å². The Bertz CT molecular complexity index is 981. The second-order valence-corrected chi connectivity index (χ2v) is 6.50. The van der Waals surface area contributed by atoms with Crippen LogP contribution in [0.2, 0.25) is 0 Å². The van der Waals surface area contributed by atoms with Crippen molar-refractivity contribution in [3.8, 4) is 0 Å². The van der Waals surface area contributed by atoms with Crippen LogP contribution in [0.15, 0.2) is 67.0 Å². The number of ether oxygens (including phenoxy) is 1. The van der Waals surface area contributed by atoms with Crippen LogP contribution in [-0.4, -0.2) is 27.5 Å². The average Bonchev–Trinajstić information content (AvgIpc) is 3.12. The van der Waals surface area contributed by atoms with E-state index < -0.39 is 18.1 Å². The molecule has 0 saturated carbocycles. The zero-order chi connectivity index (χ0) is 18.8. The molecule has 0 unspecified atom stereocenters. The maximum absolute atomic E-state index is 12.9. The number of cyclic esters (lactones) is 1. The van der Waals surface area contributed by atoms with Crippen LogP contribution in [-0.2, 0) is 23.0 Å². The van der Waals surface area contributed by atoms with E-state index in [2.05, 4.69) is 10.3 Å². The molecule has 6 heteroatoms. The summed E-state index contributed by atoms with van der Waals surface area (Å²) in [4.78, 5) is 29.5. The van der Waals surface area contributed by atoms with Crippen molar-refractivity contribution in [2.24, 2.45) is 7.05 Å². The molecule has 1 N–H and O–H groups in total. The van der Waals surface area contributed by atoms with Gasteiger partial charge in [-0.2, -0.15) is 0 Å². The van der Waals surface area contributed by atoms with Crippen LogP contribution in [0.4, 0.5) is 0 Å². The molecule has 4 rings (SSSR count). The van der Waals surface area contributed by atoms with Crippen molar-refractivity contribution in [2.75, 3.05) is 0 Å². The Labute approximate surface area is 156 Å². The van der Waals surface area contributed by atoms with E-state index in [4.69, 9.17) is 4.74 Å². The first kappa shape index (κ1) is 17.0. The first-order chi connectivity index (χ1) is 13.1. The van der Waals surface area contributed by atoms with Crippen LogP contribution >= 0.6 is 0 Å². The van der Waals surface area contributed by atoms with Gasteiger partial charge in [0.15, 0.2) is 6.10 Å². The fourth-order valence-electron chi connectivity index (χ4n) is 3.31. The Balaban J connectivity index is 1.60. The topological polar surface area (TPSA) is 73.2 Å². The monoisotopic (exact) mass is 361 g/mol. The lowest BCUT2D eigenvalue weighted by atomic mass is 9.97. The molecule has 136 valence electrons. The SMILES string of the molecule is Cn1ccnc1[C@@H](NC(=O)[C@H]1Cc2ccccc2C(=O)O1)c1ccccc1. The lowest BCUT2D eigenvalue weighted by Crippen LogP contribution is -2.43. The third-order valence-corrected chi connectivity index (χ3v) is 4.72. The molecular weight excluding hydrogens is 342 g/mol. The molecule has 6 nitrogen and oxygen atoms in total. The number of fused-ring (bicyclic) bond motifs is 1. The molecule has 1 amide bonds. The van der Waals surface area contributed by atoms with E-state index in [1.54, 1.807) is 18.3 Å². The number of imidazole rings is 1. The Hall–Kier alpha value is -3.41. The van der Waals surface area contributed by atoms with Gasteiger partial charge in [0.25, 0.3) is 5.91 Å². The molecule has 1 aromatic heterocycles. The number of benzene rings is 2. The molecule has 1 aliphatic heterocycles. The van der Waals surface area contributed by atoms with Crippen LogP contribution in [0.5, 0.6) is 0 Å². The summed E-state index contributed by atoms with van der Waals surface area (Å²) in [7, 11) is 1.88. The summed E-state index contributed by atoms with van der Waals surface area (Å²) < 4.78 is 7.24. The number of nitrogens with one attached hydrogen (secondary N) is 1. The van der Waals surface area contributed by atoms with Crippen molar-refractivity contribution in [1.82, 2.24) is 14.9 Å². The van der Waals surface area contributed by atoms with Crippen LogP contribution in [0.1, 0.15) is 33.4 Å². The molecule has 0 fully saturated rings. The molecule has 0 radical (unpaired) electrons. The fourth-order valence-corrected chi connectivity index (χ4v) is 3.31. The van der Waals surface area contributed by atoms with Crippen LogP contribution in [0, 0.1) is 0 Å². The van der Waals surface area contributed by atoms with E-state index in [0.29, 0.717) is 17.8 Å². The van der Waals surface area contributed by atoms with E-state index in [0.717, 1.165) is 11.1 Å². The molecule has 2 aromatic carbocycles. The second-order valence-electron chi connectivity index (χ2n) is 6.50. The number of aromatic nitrogens is 2. The normalized spacial score (nSPS) is 16.9. The zero-order valence-corrected chi connectivity index (χ0v) is 14.8. The van der Waals surface area contributed by atoms with Gasteiger partial charge in [0.1, 0.15) is 11.9 Å². The van der Waals surface area contributed by atoms with Crippen molar-refractivity contribution in [3.05, 3.63) is 89.5 Å². The summed E-state index contributed by atoms with van der Waals surface area (Å²) in [6.45, 7) is 0. The minimum atomic E-state index is -0.862. The molecule has 0 aliphatic carbocycles. The number of rotatable bonds is 4. The van der Waals surface area contributed by atoms with Crippen molar-refractivity contribution in [2.45, 2.75) is 18.6 Å². The second kappa shape index (κ2) is 7.07. The number of nitrogens with zero attached hydrogens (tertiary/aromatic N) is 2. The summed E-state index contributed by atoms with van der Waals surface area (Å²) in [5, 5.41) is 3.00. The quantitative estimate of drug-likeness (QED) is 0.725. The van der Waals surface area contributed by atoms with Crippen molar-refractivity contribution in [3.63, 3.8) is 0 Å². The van der Waals surface area contributed by atoms with E-state index >= 15 is 0 Å². The number of esters is 1. The summed E-state index contributed by atoms with van der Waals surface area (Å²) in [6, 6.07) is 16.4. The highest BCUT2D eigenvalue weighted by atomic mass is 16.5. The molecule has 0 bridgehead atoms. The van der Waals surface area contributed by atoms with Crippen LogP contribution < -0.4 is 5.32 Å². The van der Waals surface area contributed by atoms with Crippen molar-refractivity contribution >= 4 is 11.9 Å². The number of carbonyl (C=O) groups excluding carboxylic acids is 2. The Morgan fingerprint density at radius 1 is 1.19 bits per heavy atom. The molecular formula is C21H19N3O3. The molecule has 0 spiro atoms. The number of carbonyl (C=O) groups is 2. The van der Waals surface area contributed by atoms with Crippen molar-refractivity contribution < 1.29 is 14.3 Å². The smallest absolute Gasteiger partial charge is 0.339 e. The molecule has 2 heterocycles. The van der Waals surface area contributed by atoms with Gasteiger partial charge in [0.05, 0.1) is 5.56 Å². The summed E-state index contributed by atoms with van der Waals surface area (Å²) >= 11 is 0. The van der Waals surface area contributed by atoms with Gasteiger partial charge < -0.3 is 14.6 Å². The molecule has 27 heavy (non-hydrogen) atoms. The standard InChI is InChI=1S/C21H19N3O3/c1-24-12-11-22-19(24)18(14-7-3-2-4-8-14)23-20(25)17-13-15-9-5-6-10-16(15)21(26)27-17/h2-12,17-18H,13H2,1H3,(H,23,25)/t17-,18+/m1/s1. The number of amides is 1.